The van der Waals surface area contributed by atoms with E-state index in [4.69, 9.17) is 4.74 Å². The molecule has 3 fully saturated rings. The fourth-order valence-corrected chi connectivity index (χ4v) is 5.46. The maximum atomic E-state index is 6.18. The van der Waals surface area contributed by atoms with Gasteiger partial charge in [0.1, 0.15) is 11.9 Å². The maximum absolute atomic E-state index is 6.18. The second kappa shape index (κ2) is 12.4. The van der Waals surface area contributed by atoms with Crippen molar-refractivity contribution in [1.29, 1.82) is 0 Å². The average molecular weight is 556 g/mol. The van der Waals surface area contributed by atoms with Crippen LogP contribution in [0.1, 0.15) is 44.9 Å². The number of aliphatic imine (C=N–C) groups is 1. The zero-order valence-corrected chi connectivity index (χ0v) is 22.3. The molecule has 6 nitrogen and oxygen atoms in total. The highest BCUT2D eigenvalue weighted by Crippen LogP contribution is 2.31. The molecule has 0 spiro atoms. The van der Waals surface area contributed by atoms with E-state index in [2.05, 4.69) is 44.2 Å². The van der Waals surface area contributed by atoms with E-state index < -0.39 is 0 Å². The van der Waals surface area contributed by atoms with Gasteiger partial charge in [-0.3, -0.25) is 9.89 Å². The van der Waals surface area contributed by atoms with E-state index in [0.29, 0.717) is 6.10 Å². The van der Waals surface area contributed by atoms with Crippen LogP contribution < -0.4 is 10.1 Å². The Morgan fingerprint density at radius 3 is 2.28 bits per heavy atom. The molecule has 3 aliphatic rings. The molecule has 32 heavy (non-hydrogen) atoms. The molecule has 3 aliphatic heterocycles. The van der Waals surface area contributed by atoms with Crippen molar-refractivity contribution >= 4 is 29.9 Å². The number of nitrogens with zero attached hydrogens (tertiary/aromatic N) is 4. The molecule has 0 amide bonds. The number of hydrogen-bond acceptors (Lipinski definition) is 4. The van der Waals surface area contributed by atoms with Crippen LogP contribution in [0.4, 0.5) is 0 Å². The van der Waals surface area contributed by atoms with Gasteiger partial charge in [0.25, 0.3) is 0 Å². The first-order chi connectivity index (χ1) is 15.2. The Bertz CT molecular complexity index is 694. The quantitative estimate of drug-likeness (QED) is 0.341. The highest BCUT2D eigenvalue weighted by molar-refractivity contribution is 14.0. The Balaban J connectivity index is 0.00000289. The second-order valence-corrected chi connectivity index (χ2v) is 9.59. The highest BCUT2D eigenvalue weighted by atomic mass is 127. The normalized spacial score (nSPS) is 23.4. The maximum Gasteiger partial charge on any atom is 0.193 e. The van der Waals surface area contributed by atoms with Crippen LogP contribution >= 0.6 is 24.0 Å². The van der Waals surface area contributed by atoms with Crippen LogP contribution in [0.25, 0.3) is 0 Å². The van der Waals surface area contributed by atoms with Crippen molar-refractivity contribution in [3.63, 3.8) is 0 Å². The Hall–Kier alpha value is -1.06. The first-order valence-electron chi connectivity index (χ1n) is 12.3. The number of piperidine rings is 3. The number of benzene rings is 1. The average Bonchev–Trinajstić information content (AvgIpc) is 2.83. The minimum absolute atomic E-state index is 0. The molecule has 0 aromatic heterocycles. The molecule has 1 N–H and O–H groups in total. The molecule has 0 bridgehead atoms. The fraction of sp³-hybridized carbons (Fsp3) is 0.720. The molecule has 4 rings (SSSR count). The monoisotopic (exact) mass is 555 g/mol. The van der Waals surface area contributed by atoms with Crippen molar-refractivity contribution in [3.05, 3.63) is 30.3 Å². The number of halogens is 1. The van der Waals surface area contributed by atoms with Crippen LogP contribution in [0.2, 0.25) is 0 Å². The Morgan fingerprint density at radius 1 is 1.00 bits per heavy atom. The third kappa shape index (κ3) is 6.50. The van der Waals surface area contributed by atoms with Crippen LogP contribution in [0.5, 0.6) is 5.75 Å². The smallest absolute Gasteiger partial charge is 0.193 e. The number of rotatable bonds is 5. The van der Waals surface area contributed by atoms with Crippen molar-refractivity contribution in [2.45, 2.75) is 56.6 Å². The van der Waals surface area contributed by atoms with Gasteiger partial charge < -0.3 is 19.9 Å². The Kier molecular flexibility index (Phi) is 9.92. The largest absolute Gasteiger partial charge is 0.490 e. The van der Waals surface area contributed by atoms with E-state index in [1.165, 1.54) is 58.3 Å². The summed E-state index contributed by atoms with van der Waals surface area (Å²) in [5.74, 6) is 2.04. The fourth-order valence-electron chi connectivity index (χ4n) is 5.46. The van der Waals surface area contributed by atoms with E-state index in [-0.39, 0.29) is 29.5 Å². The number of nitrogens with one attached hydrogen (secondary N) is 1. The van der Waals surface area contributed by atoms with Crippen LogP contribution in [0, 0.1) is 0 Å². The molecule has 0 unspecified atom stereocenters. The van der Waals surface area contributed by atoms with Gasteiger partial charge in [0.2, 0.25) is 0 Å². The summed E-state index contributed by atoms with van der Waals surface area (Å²) in [5.41, 5.74) is 0.275. The molecule has 3 heterocycles. The zero-order chi connectivity index (χ0) is 21.5. The minimum atomic E-state index is 0. The summed E-state index contributed by atoms with van der Waals surface area (Å²) in [4.78, 5) is 12.4. The molecule has 0 atom stereocenters. The van der Waals surface area contributed by atoms with E-state index in [9.17, 15) is 0 Å². The first kappa shape index (κ1) is 25.6. The second-order valence-electron chi connectivity index (χ2n) is 9.59. The molecule has 0 saturated carbocycles. The molecular formula is C25H42IN5O. The SMILES string of the molecule is CN=C(NCC1(N2CCCCC2)CCN(C)CC1)N1CCC(Oc2ccccc2)CC1.I. The lowest BCUT2D eigenvalue weighted by molar-refractivity contribution is 0.0167. The molecule has 3 saturated heterocycles. The van der Waals surface area contributed by atoms with Gasteiger partial charge in [-0.2, -0.15) is 0 Å². The van der Waals surface area contributed by atoms with Crippen molar-refractivity contribution in [2.75, 3.05) is 59.9 Å². The van der Waals surface area contributed by atoms with Gasteiger partial charge in [0.05, 0.1) is 0 Å². The molecular weight excluding hydrogens is 513 g/mol. The van der Waals surface area contributed by atoms with Gasteiger partial charge in [0, 0.05) is 45.1 Å². The van der Waals surface area contributed by atoms with Crippen molar-refractivity contribution < 1.29 is 4.74 Å². The topological polar surface area (TPSA) is 43.3 Å². The predicted molar refractivity (Wildman–Crippen MR) is 143 cm³/mol. The lowest BCUT2D eigenvalue weighted by Gasteiger charge is -2.50. The first-order valence-corrected chi connectivity index (χ1v) is 12.3. The van der Waals surface area contributed by atoms with Gasteiger partial charge in [-0.05, 0) is 71.0 Å². The molecule has 1 aromatic rings. The summed E-state index contributed by atoms with van der Waals surface area (Å²) in [5, 5.41) is 3.80. The molecule has 0 aliphatic carbocycles. The van der Waals surface area contributed by atoms with Crippen LogP contribution in [0.15, 0.2) is 35.3 Å². The minimum Gasteiger partial charge on any atom is -0.490 e. The lowest BCUT2D eigenvalue weighted by Crippen LogP contribution is -2.62. The van der Waals surface area contributed by atoms with Gasteiger partial charge >= 0.3 is 0 Å². The summed E-state index contributed by atoms with van der Waals surface area (Å²) in [7, 11) is 4.19. The summed E-state index contributed by atoms with van der Waals surface area (Å²) < 4.78 is 6.18. The van der Waals surface area contributed by atoms with Gasteiger partial charge in [-0.25, -0.2) is 0 Å². The standard InChI is InChI=1S/C25H41N5O.HI/c1-26-24(29-17-11-23(12-18-29)31-22-9-5-3-6-10-22)27-21-25(13-19-28(2)20-14-25)30-15-7-4-8-16-30;/h3,5-6,9-10,23H,4,7-8,11-21H2,1-2H3,(H,26,27);1H. The van der Waals surface area contributed by atoms with Gasteiger partial charge in [-0.1, -0.05) is 24.6 Å². The van der Waals surface area contributed by atoms with Crippen LogP contribution in [-0.2, 0) is 0 Å². The predicted octanol–water partition coefficient (Wildman–Crippen LogP) is 3.67. The van der Waals surface area contributed by atoms with Crippen LogP contribution in [-0.4, -0.2) is 92.2 Å². The van der Waals surface area contributed by atoms with Crippen LogP contribution in [0.3, 0.4) is 0 Å². The number of ether oxygens (including phenoxy) is 1. The van der Waals surface area contributed by atoms with Gasteiger partial charge in [-0.15, -0.1) is 24.0 Å². The molecule has 1 aromatic carbocycles. The number of likely N-dealkylation sites (tertiary alicyclic amines) is 3. The molecule has 180 valence electrons. The van der Waals surface area contributed by atoms with Crippen molar-refractivity contribution in [3.8, 4) is 5.75 Å². The Labute approximate surface area is 211 Å². The van der Waals surface area contributed by atoms with E-state index in [1.807, 2.05) is 25.2 Å². The Morgan fingerprint density at radius 2 is 1.66 bits per heavy atom. The van der Waals surface area contributed by atoms with Crippen molar-refractivity contribution in [2.24, 2.45) is 4.99 Å². The van der Waals surface area contributed by atoms with E-state index in [0.717, 1.165) is 44.2 Å². The summed E-state index contributed by atoms with van der Waals surface area (Å²) in [6.07, 6.45) is 8.96. The van der Waals surface area contributed by atoms with E-state index >= 15 is 0 Å². The highest BCUT2D eigenvalue weighted by Gasteiger charge is 2.40. The zero-order valence-electron chi connectivity index (χ0n) is 20.0. The summed E-state index contributed by atoms with van der Waals surface area (Å²) in [6.45, 7) is 7.90. The number of hydrogen-bond donors (Lipinski definition) is 1. The van der Waals surface area contributed by atoms with Crippen molar-refractivity contribution in [1.82, 2.24) is 20.0 Å². The lowest BCUT2D eigenvalue weighted by atomic mass is 9.84. The third-order valence-corrected chi connectivity index (χ3v) is 7.52. The summed E-state index contributed by atoms with van der Waals surface area (Å²) >= 11 is 0. The molecule has 0 radical (unpaired) electrons. The summed E-state index contributed by atoms with van der Waals surface area (Å²) in [6, 6.07) is 10.2. The number of para-hydroxylation sites is 1. The number of guanidine groups is 1. The van der Waals surface area contributed by atoms with E-state index in [1.54, 1.807) is 0 Å². The molecule has 7 heteroatoms. The third-order valence-electron chi connectivity index (χ3n) is 7.52. The van der Waals surface area contributed by atoms with Gasteiger partial charge in [0.15, 0.2) is 5.96 Å².